The number of rotatable bonds is 7. The van der Waals surface area contributed by atoms with E-state index in [4.69, 9.17) is 16.3 Å². The van der Waals surface area contributed by atoms with Gasteiger partial charge in [0.2, 0.25) is 5.91 Å². The lowest BCUT2D eigenvalue weighted by molar-refractivity contribution is -0.113. The molecule has 0 aliphatic rings. The van der Waals surface area contributed by atoms with Gasteiger partial charge < -0.3 is 15.4 Å². The summed E-state index contributed by atoms with van der Waals surface area (Å²) in [6, 6.07) is 17.1. The maximum absolute atomic E-state index is 12.2. The van der Waals surface area contributed by atoms with Gasteiger partial charge in [-0.2, -0.15) is 0 Å². The van der Waals surface area contributed by atoms with Crippen molar-refractivity contribution in [1.29, 1.82) is 0 Å². The molecule has 0 fully saturated rings. The number of carbonyl (C=O) groups is 2. The van der Waals surface area contributed by atoms with Crippen molar-refractivity contribution in [2.75, 3.05) is 23.5 Å². The predicted molar refractivity (Wildman–Crippen MR) is 114 cm³/mol. The maximum atomic E-state index is 12.2. The Morgan fingerprint density at radius 2 is 1.83 bits per heavy atom. The van der Waals surface area contributed by atoms with Crippen molar-refractivity contribution in [2.24, 2.45) is 0 Å². The SMILES string of the molecule is COc1ccc(Cl)cc1NC(=O)CSc1ccc(NC(=O)c2ccccc2)nn1. The van der Waals surface area contributed by atoms with E-state index in [9.17, 15) is 9.59 Å². The first-order valence-corrected chi connectivity index (χ1v) is 9.88. The molecule has 0 aliphatic carbocycles. The van der Waals surface area contributed by atoms with E-state index in [2.05, 4.69) is 20.8 Å². The highest BCUT2D eigenvalue weighted by atomic mass is 35.5. The summed E-state index contributed by atoms with van der Waals surface area (Å²) in [4.78, 5) is 24.3. The molecule has 0 saturated heterocycles. The van der Waals surface area contributed by atoms with Gasteiger partial charge >= 0.3 is 0 Å². The zero-order chi connectivity index (χ0) is 20.6. The van der Waals surface area contributed by atoms with Crippen LogP contribution in [0, 0.1) is 0 Å². The van der Waals surface area contributed by atoms with E-state index in [1.807, 2.05) is 6.07 Å². The molecule has 0 unspecified atom stereocenters. The van der Waals surface area contributed by atoms with Crippen molar-refractivity contribution >= 4 is 46.7 Å². The van der Waals surface area contributed by atoms with Crippen LogP contribution in [0.2, 0.25) is 5.02 Å². The third-order valence-corrected chi connectivity index (χ3v) is 4.86. The topological polar surface area (TPSA) is 93.2 Å². The molecule has 2 amide bonds. The van der Waals surface area contributed by atoms with Crippen molar-refractivity contribution in [3.8, 4) is 5.75 Å². The molecule has 0 spiro atoms. The van der Waals surface area contributed by atoms with Crippen LogP contribution < -0.4 is 15.4 Å². The van der Waals surface area contributed by atoms with Crippen LogP contribution in [-0.2, 0) is 4.79 Å². The van der Waals surface area contributed by atoms with Crippen LogP contribution in [-0.4, -0.2) is 34.9 Å². The van der Waals surface area contributed by atoms with Gasteiger partial charge in [-0.25, -0.2) is 0 Å². The Morgan fingerprint density at radius 3 is 2.52 bits per heavy atom. The summed E-state index contributed by atoms with van der Waals surface area (Å²) in [6.07, 6.45) is 0. The van der Waals surface area contributed by atoms with Gasteiger partial charge in [-0.15, -0.1) is 10.2 Å². The number of ether oxygens (including phenoxy) is 1. The monoisotopic (exact) mass is 428 g/mol. The van der Waals surface area contributed by atoms with E-state index in [0.717, 1.165) is 0 Å². The number of amides is 2. The first-order chi connectivity index (χ1) is 14.0. The second kappa shape index (κ2) is 9.90. The largest absolute Gasteiger partial charge is 0.495 e. The van der Waals surface area contributed by atoms with Crippen molar-refractivity contribution in [2.45, 2.75) is 5.03 Å². The molecule has 0 atom stereocenters. The minimum absolute atomic E-state index is 0.125. The van der Waals surface area contributed by atoms with Crippen molar-refractivity contribution in [1.82, 2.24) is 10.2 Å². The van der Waals surface area contributed by atoms with E-state index >= 15 is 0 Å². The summed E-state index contributed by atoms with van der Waals surface area (Å²) in [5, 5.41) is 14.5. The molecule has 29 heavy (non-hydrogen) atoms. The number of hydrogen-bond acceptors (Lipinski definition) is 6. The standard InChI is InChI=1S/C20H17ClN4O3S/c1-28-16-8-7-14(21)11-15(16)22-18(26)12-29-19-10-9-17(24-25-19)23-20(27)13-5-3-2-4-6-13/h2-11H,12H2,1H3,(H,22,26)(H,23,24,27). The number of hydrogen-bond donors (Lipinski definition) is 2. The number of carbonyl (C=O) groups excluding carboxylic acids is 2. The zero-order valence-corrected chi connectivity index (χ0v) is 17.0. The quantitative estimate of drug-likeness (QED) is 0.550. The molecular formula is C20H17ClN4O3S. The first-order valence-electron chi connectivity index (χ1n) is 8.51. The number of nitrogens with one attached hydrogen (secondary N) is 2. The Hall–Kier alpha value is -3.10. The van der Waals surface area contributed by atoms with Crippen molar-refractivity contribution < 1.29 is 14.3 Å². The average Bonchev–Trinajstić information content (AvgIpc) is 2.74. The van der Waals surface area contributed by atoms with Crippen LogP contribution in [0.25, 0.3) is 0 Å². The first kappa shape index (κ1) is 20.6. The molecule has 9 heteroatoms. The van der Waals surface area contributed by atoms with Gasteiger partial charge in [0, 0.05) is 10.6 Å². The summed E-state index contributed by atoms with van der Waals surface area (Å²) in [5.41, 5.74) is 1.02. The minimum atomic E-state index is -0.268. The van der Waals surface area contributed by atoms with Gasteiger partial charge in [0.1, 0.15) is 10.8 Å². The Morgan fingerprint density at radius 1 is 1.03 bits per heavy atom. The fourth-order valence-electron chi connectivity index (χ4n) is 2.35. The van der Waals surface area contributed by atoms with Gasteiger partial charge in [-0.1, -0.05) is 41.6 Å². The molecule has 0 saturated carbocycles. The highest BCUT2D eigenvalue weighted by molar-refractivity contribution is 7.99. The molecule has 0 radical (unpaired) electrons. The molecule has 0 bridgehead atoms. The number of anilines is 2. The van der Waals surface area contributed by atoms with Gasteiger partial charge in [0.15, 0.2) is 5.82 Å². The van der Waals surface area contributed by atoms with Crippen LogP contribution in [0.3, 0.4) is 0 Å². The van der Waals surface area contributed by atoms with Crippen LogP contribution in [0.5, 0.6) is 5.75 Å². The Bertz CT molecular complexity index is 1000. The molecular weight excluding hydrogens is 412 g/mol. The molecule has 148 valence electrons. The third kappa shape index (κ3) is 5.94. The Balaban J connectivity index is 1.53. The van der Waals surface area contributed by atoms with E-state index in [-0.39, 0.29) is 17.6 Å². The van der Waals surface area contributed by atoms with E-state index in [1.54, 1.807) is 54.6 Å². The molecule has 2 aromatic carbocycles. The highest BCUT2D eigenvalue weighted by Crippen LogP contribution is 2.28. The predicted octanol–water partition coefficient (Wildman–Crippen LogP) is 4.12. The van der Waals surface area contributed by atoms with E-state index in [1.165, 1.54) is 18.9 Å². The van der Waals surface area contributed by atoms with E-state index < -0.39 is 0 Å². The molecule has 1 aromatic heterocycles. The van der Waals surface area contributed by atoms with Crippen LogP contribution in [0.4, 0.5) is 11.5 Å². The van der Waals surface area contributed by atoms with Crippen LogP contribution >= 0.6 is 23.4 Å². The summed E-state index contributed by atoms with van der Waals surface area (Å²) in [7, 11) is 1.52. The highest BCUT2D eigenvalue weighted by Gasteiger charge is 2.10. The zero-order valence-electron chi connectivity index (χ0n) is 15.4. The fourth-order valence-corrected chi connectivity index (χ4v) is 3.13. The summed E-state index contributed by atoms with van der Waals surface area (Å²) in [6.45, 7) is 0. The summed E-state index contributed by atoms with van der Waals surface area (Å²) < 4.78 is 5.20. The van der Waals surface area contributed by atoms with Gasteiger partial charge in [-0.05, 0) is 42.5 Å². The van der Waals surface area contributed by atoms with Gasteiger partial charge in [-0.3, -0.25) is 9.59 Å². The Kier molecular flexibility index (Phi) is 7.04. The average molecular weight is 429 g/mol. The Labute approximate surface area is 176 Å². The van der Waals surface area contributed by atoms with E-state index in [0.29, 0.717) is 32.9 Å². The lowest BCUT2D eigenvalue weighted by Gasteiger charge is -2.10. The summed E-state index contributed by atoms with van der Waals surface area (Å²) in [5.74, 6) is 0.469. The number of benzene rings is 2. The molecule has 0 aliphatic heterocycles. The van der Waals surface area contributed by atoms with Crippen molar-refractivity contribution in [3.05, 3.63) is 71.2 Å². The van der Waals surface area contributed by atoms with Gasteiger partial charge in [0.05, 0.1) is 18.6 Å². The smallest absolute Gasteiger partial charge is 0.256 e. The van der Waals surface area contributed by atoms with Crippen LogP contribution in [0.15, 0.2) is 65.7 Å². The lowest BCUT2D eigenvalue weighted by Crippen LogP contribution is -2.15. The number of thioether (sulfide) groups is 1. The molecule has 2 N–H and O–H groups in total. The molecule has 3 aromatic rings. The second-order valence-corrected chi connectivity index (χ2v) is 7.19. The fraction of sp³-hybridized carbons (Fsp3) is 0.100. The normalized spacial score (nSPS) is 10.3. The summed E-state index contributed by atoms with van der Waals surface area (Å²) >= 11 is 7.18. The maximum Gasteiger partial charge on any atom is 0.256 e. The molecule has 3 rings (SSSR count). The number of nitrogens with zero attached hydrogens (tertiary/aromatic N) is 2. The minimum Gasteiger partial charge on any atom is -0.495 e. The lowest BCUT2D eigenvalue weighted by atomic mass is 10.2. The van der Waals surface area contributed by atoms with Crippen LogP contribution in [0.1, 0.15) is 10.4 Å². The molecule has 7 nitrogen and oxygen atoms in total. The third-order valence-electron chi connectivity index (χ3n) is 3.70. The number of halogens is 1. The molecule has 1 heterocycles. The second-order valence-electron chi connectivity index (χ2n) is 5.76. The number of aromatic nitrogens is 2. The van der Waals surface area contributed by atoms with Crippen molar-refractivity contribution in [3.63, 3.8) is 0 Å². The van der Waals surface area contributed by atoms with Gasteiger partial charge in [0.25, 0.3) is 5.91 Å². The number of methoxy groups -OCH3 is 1.